The van der Waals surface area contributed by atoms with Crippen LogP contribution in [0, 0.1) is 11.3 Å². The molecule has 0 N–H and O–H groups in total. The second kappa shape index (κ2) is 11.1. The van der Waals surface area contributed by atoms with Crippen molar-refractivity contribution >= 4 is 0 Å². The molecule has 7 rings (SSSR count). The Hall–Kier alpha value is -2.82. The molecule has 4 nitrogen and oxygen atoms in total. The summed E-state index contributed by atoms with van der Waals surface area (Å²) in [4.78, 5) is 5.47. The maximum atomic E-state index is 6.80. The van der Waals surface area contributed by atoms with Gasteiger partial charge >= 0.3 is 0 Å². The first-order valence-electron chi connectivity index (χ1n) is 16.0. The maximum absolute atomic E-state index is 6.80. The van der Waals surface area contributed by atoms with Gasteiger partial charge in [0.2, 0.25) is 0 Å². The number of ether oxygens (including phenoxy) is 2. The normalized spacial score (nSPS) is 27.0. The van der Waals surface area contributed by atoms with Crippen LogP contribution in [0.3, 0.4) is 0 Å². The number of benzene rings is 3. The third kappa shape index (κ3) is 4.87. The Labute approximate surface area is 246 Å². The topological polar surface area (TPSA) is 24.9 Å². The lowest BCUT2D eigenvalue weighted by Gasteiger charge is -2.62. The zero-order chi connectivity index (χ0) is 27.9. The zero-order valence-corrected chi connectivity index (χ0v) is 25.0. The number of para-hydroxylation sites is 1. The average molecular weight is 551 g/mol. The van der Waals surface area contributed by atoms with E-state index in [9.17, 15) is 0 Å². The molecule has 3 fully saturated rings. The van der Waals surface area contributed by atoms with Crippen molar-refractivity contribution in [2.24, 2.45) is 11.3 Å². The van der Waals surface area contributed by atoms with Gasteiger partial charge in [0, 0.05) is 30.1 Å². The number of likely N-dealkylation sites (tertiary alicyclic amines) is 1. The first kappa shape index (κ1) is 27.0. The molecule has 41 heavy (non-hydrogen) atoms. The van der Waals surface area contributed by atoms with Gasteiger partial charge in [0.25, 0.3) is 0 Å². The Kier molecular flexibility index (Phi) is 7.33. The Morgan fingerprint density at radius 1 is 0.927 bits per heavy atom. The third-order valence-corrected chi connectivity index (χ3v) is 11.0. The van der Waals surface area contributed by atoms with E-state index >= 15 is 0 Å². The van der Waals surface area contributed by atoms with Crippen LogP contribution in [0.1, 0.15) is 68.1 Å². The van der Waals surface area contributed by atoms with Crippen molar-refractivity contribution in [1.82, 2.24) is 9.80 Å². The smallest absolute Gasteiger partial charge is 0.173 e. The molecule has 0 spiro atoms. The van der Waals surface area contributed by atoms with Crippen LogP contribution in [0.4, 0.5) is 0 Å². The summed E-state index contributed by atoms with van der Waals surface area (Å²) in [5.74, 6) is 3.68. The summed E-state index contributed by atoms with van der Waals surface area (Å²) in [7, 11) is 4.09. The summed E-state index contributed by atoms with van der Waals surface area (Å²) in [5, 5.41) is 0. The van der Waals surface area contributed by atoms with Crippen LogP contribution in [0.25, 0.3) is 0 Å². The van der Waals surface area contributed by atoms with Crippen molar-refractivity contribution in [3.63, 3.8) is 0 Å². The molecule has 0 aromatic heterocycles. The minimum atomic E-state index is 0.155. The molecular formula is C37H46N2O2. The fourth-order valence-corrected chi connectivity index (χ4v) is 9.11. The number of hydrogen-bond donors (Lipinski definition) is 0. The van der Waals surface area contributed by atoms with Crippen molar-refractivity contribution < 1.29 is 9.47 Å². The van der Waals surface area contributed by atoms with Gasteiger partial charge in [0.1, 0.15) is 5.75 Å². The molecule has 2 saturated carbocycles. The van der Waals surface area contributed by atoms with Crippen LogP contribution < -0.4 is 9.47 Å². The van der Waals surface area contributed by atoms with E-state index in [-0.39, 0.29) is 5.41 Å². The fraction of sp³-hybridized carbons (Fsp3) is 0.514. The monoisotopic (exact) mass is 550 g/mol. The van der Waals surface area contributed by atoms with E-state index in [2.05, 4.69) is 89.6 Å². The van der Waals surface area contributed by atoms with Crippen LogP contribution >= 0.6 is 0 Å². The number of methoxy groups -OCH3 is 1. The number of fused-ring (bicyclic) bond motifs is 1. The molecular weight excluding hydrogens is 504 g/mol. The minimum absolute atomic E-state index is 0.155. The summed E-state index contributed by atoms with van der Waals surface area (Å²) in [5.41, 5.74) is 4.84. The van der Waals surface area contributed by atoms with Crippen molar-refractivity contribution in [3.05, 3.63) is 89.5 Å². The van der Waals surface area contributed by atoms with Gasteiger partial charge in [-0.1, -0.05) is 61.0 Å². The van der Waals surface area contributed by atoms with Crippen molar-refractivity contribution in [3.8, 4) is 17.2 Å². The van der Waals surface area contributed by atoms with Crippen LogP contribution in [0.15, 0.2) is 72.8 Å². The summed E-state index contributed by atoms with van der Waals surface area (Å²) in [6.07, 6.45) is 11.7. The second-order valence-corrected chi connectivity index (χ2v) is 13.4. The van der Waals surface area contributed by atoms with E-state index in [0.717, 1.165) is 42.7 Å². The maximum Gasteiger partial charge on any atom is 0.173 e. The Morgan fingerprint density at radius 2 is 1.71 bits per heavy atom. The average Bonchev–Trinajstić information content (AvgIpc) is 3.72. The Bertz CT molecular complexity index is 1340. The van der Waals surface area contributed by atoms with Crippen LogP contribution in [0.2, 0.25) is 0 Å². The largest absolute Gasteiger partial charge is 0.493 e. The SMILES string of the molecule is COc1ccc2c(c1Oc1ccccc1)C13CCCC1(CCCN(C)Cc1ccccc1)C(C2)N(CC1CC1)CC3. The van der Waals surface area contributed by atoms with E-state index in [1.54, 1.807) is 7.11 Å². The zero-order valence-electron chi connectivity index (χ0n) is 25.0. The van der Waals surface area contributed by atoms with Crippen LogP contribution in [-0.4, -0.2) is 49.6 Å². The molecule has 216 valence electrons. The van der Waals surface area contributed by atoms with E-state index in [1.807, 2.05) is 0 Å². The summed E-state index contributed by atoms with van der Waals surface area (Å²) < 4.78 is 12.8. The van der Waals surface area contributed by atoms with E-state index in [4.69, 9.17) is 9.47 Å². The van der Waals surface area contributed by atoms with Gasteiger partial charge in [-0.05, 0) is 112 Å². The van der Waals surface area contributed by atoms with Crippen LogP contribution in [-0.2, 0) is 18.4 Å². The highest BCUT2D eigenvalue weighted by Crippen LogP contribution is 2.69. The molecule has 4 aliphatic rings. The number of nitrogens with zero attached hydrogens (tertiary/aromatic N) is 2. The molecule has 3 aromatic rings. The van der Waals surface area contributed by atoms with Crippen LogP contribution in [0.5, 0.6) is 17.2 Å². The third-order valence-electron chi connectivity index (χ3n) is 11.0. The van der Waals surface area contributed by atoms with Gasteiger partial charge in [0.15, 0.2) is 11.5 Å². The molecule has 3 atom stereocenters. The Morgan fingerprint density at radius 3 is 2.46 bits per heavy atom. The summed E-state index contributed by atoms with van der Waals surface area (Å²) in [6.45, 7) is 4.68. The van der Waals surface area contributed by atoms with Gasteiger partial charge < -0.3 is 14.4 Å². The molecule has 1 saturated heterocycles. The van der Waals surface area contributed by atoms with Gasteiger partial charge in [-0.3, -0.25) is 4.90 Å². The molecule has 2 bridgehead atoms. The van der Waals surface area contributed by atoms with Crippen molar-refractivity contribution in [2.75, 3.05) is 33.8 Å². The molecule has 3 unspecified atom stereocenters. The number of rotatable bonds is 11. The van der Waals surface area contributed by atoms with E-state index < -0.39 is 0 Å². The van der Waals surface area contributed by atoms with Gasteiger partial charge in [-0.2, -0.15) is 0 Å². The highest BCUT2D eigenvalue weighted by molar-refractivity contribution is 5.59. The lowest BCUT2D eigenvalue weighted by atomic mass is 9.48. The highest BCUT2D eigenvalue weighted by atomic mass is 16.5. The Balaban J connectivity index is 1.24. The predicted molar refractivity (Wildman–Crippen MR) is 166 cm³/mol. The minimum Gasteiger partial charge on any atom is -0.493 e. The van der Waals surface area contributed by atoms with Gasteiger partial charge in [0.05, 0.1) is 7.11 Å². The molecule has 3 aliphatic carbocycles. The molecule has 0 radical (unpaired) electrons. The van der Waals surface area contributed by atoms with Crippen molar-refractivity contribution in [1.29, 1.82) is 0 Å². The molecule has 1 heterocycles. The molecule has 1 aliphatic heterocycles. The first-order valence-corrected chi connectivity index (χ1v) is 16.0. The standard InChI is InChI=1S/C37H46N2O2/c1-38(26-28-11-5-3-6-12-28)23-10-21-36-19-9-20-37(36)22-24-39(27-29-15-16-29)33(36)25-30-17-18-32(40-2)35(34(30)37)41-31-13-7-4-8-14-31/h3-8,11-14,17-18,29,33H,9-10,15-16,19-27H2,1-2H3. The van der Waals surface area contributed by atoms with Gasteiger partial charge in [-0.25, -0.2) is 0 Å². The quantitative estimate of drug-likeness (QED) is 0.243. The summed E-state index contributed by atoms with van der Waals surface area (Å²) >= 11 is 0. The molecule has 0 amide bonds. The van der Waals surface area contributed by atoms with E-state index in [1.165, 1.54) is 81.1 Å². The predicted octanol–water partition coefficient (Wildman–Crippen LogP) is 7.85. The number of piperidine rings is 1. The highest BCUT2D eigenvalue weighted by Gasteiger charge is 2.65. The molecule has 4 heteroatoms. The second-order valence-electron chi connectivity index (χ2n) is 13.4. The lowest BCUT2D eigenvalue weighted by molar-refractivity contribution is -0.0609. The molecule has 3 aromatic carbocycles. The first-order chi connectivity index (χ1) is 20.1. The van der Waals surface area contributed by atoms with Gasteiger partial charge in [-0.15, -0.1) is 0 Å². The summed E-state index contributed by atoms with van der Waals surface area (Å²) in [6, 6.07) is 26.4. The lowest BCUT2D eigenvalue weighted by Crippen LogP contribution is -2.65. The van der Waals surface area contributed by atoms with E-state index in [0.29, 0.717) is 11.5 Å². The van der Waals surface area contributed by atoms with Crippen molar-refractivity contribution in [2.45, 2.75) is 75.8 Å². The number of hydrogen-bond acceptors (Lipinski definition) is 4. The fourth-order valence-electron chi connectivity index (χ4n) is 9.11.